The van der Waals surface area contributed by atoms with Gasteiger partial charge in [0.25, 0.3) is 0 Å². The number of aliphatic carboxylic acids is 1. The van der Waals surface area contributed by atoms with E-state index < -0.39 is 5.97 Å². The summed E-state index contributed by atoms with van der Waals surface area (Å²) in [5, 5.41) is 10.4. The summed E-state index contributed by atoms with van der Waals surface area (Å²) in [4.78, 5) is 11.4. The minimum Gasteiger partial charge on any atom is -0.489 e. The Kier molecular flexibility index (Phi) is 6.37. The average molecular weight is 456 g/mol. The van der Waals surface area contributed by atoms with E-state index in [1.165, 1.54) is 31.2 Å². The van der Waals surface area contributed by atoms with Crippen molar-refractivity contribution in [3.05, 3.63) is 89.2 Å². The molecule has 1 aromatic heterocycles. The lowest BCUT2D eigenvalue weighted by Gasteiger charge is -2.16. The second-order valence-corrected chi connectivity index (χ2v) is 9.09. The fraction of sp³-hybridized carbons (Fsp3) is 0.276. The summed E-state index contributed by atoms with van der Waals surface area (Å²) in [7, 11) is 0. The Hall–Kier alpha value is -3.57. The molecule has 1 fully saturated rings. The molecule has 0 aliphatic heterocycles. The van der Waals surface area contributed by atoms with Crippen molar-refractivity contribution in [3.63, 3.8) is 0 Å². The van der Waals surface area contributed by atoms with Gasteiger partial charge in [-0.1, -0.05) is 43.2 Å². The number of ether oxygens (including phenoxy) is 1. The molecule has 34 heavy (non-hydrogen) atoms. The summed E-state index contributed by atoms with van der Waals surface area (Å²) >= 11 is 0. The summed E-state index contributed by atoms with van der Waals surface area (Å²) in [6.45, 7) is 0.813. The van der Waals surface area contributed by atoms with Gasteiger partial charge in [0.15, 0.2) is 0 Å². The smallest absolute Gasteiger partial charge is 0.307 e. The second-order valence-electron chi connectivity index (χ2n) is 9.09. The number of carbonyl (C=O) groups is 1. The highest BCUT2D eigenvalue weighted by molar-refractivity contribution is 5.93. The Morgan fingerprint density at radius 2 is 1.88 bits per heavy atom. The van der Waals surface area contributed by atoms with E-state index in [-0.39, 0.29) is 6.42 Å². The quantitative estimate of drug-likeness (QED) is 0.320. The van der Waals surface area contributed by atoms with Gasteiger partial charge in [-0.2, -0.15) is 0 Å². The normalized spacial score (nSPS) is 14.0. The van der Waals surface area contributed by atoms with Gasteiger partial charge in [-0.05, 0) is 71.3 Å². The predicted octanol–water partition coefficient (Wildman–Crippen LogP) is 6.42. The molecule has 5 nitrogen and oxygen atoms in total. The first-order valence-electron chi connectivity index (χ1n) is 11.9. The number of furan rings is 1. The highest BCUT2D eigenvalue weighted by Gasteiger charge is 2.19. The predicted molar refractivity (Wildman–Crippen MR) is 133 cm³/mol. The summed E-state index contributed by atoms with van der Waals surface area (Å²) in [6.07, 6.45) is 6.49. The maximum absolute atomic E-state index is 11.4. The molecule has 0 saturated heterocycles. The van der Waals surface area contributed by atoms with Crippen LogP contribution >= 0.6 is 0 Å². The molecule has 0 radical (unpaired) electrons. The number of hydrogen-bond acceptors (Lipinski definition) is 4. The molecule has 1 saturated carbocycles. The molecule has 3 aromatic carbocycles. The molecule has 0 unspecified atom stereocenters. The van der Waals surface area contributed by atoms with Crippen LogP contribution in [0.15, 0.2) is 71.3 Å². The van der Waals surface area contributed by atoms with Crippen LogP contribution in [0, 0.1) is 0 Å². The molecule has 1 aliphatic rings. The Bertz CT molecular complexity index is 1320. The Labute approximate surface area is 199 Å². The Balaban J connectivity index is 1.46. The highest BCUT2D eigenvalue weighted by atomic mass is 16.5. The zero-order chi connectivity index (χ0) is 23.5. The average Bonchev–Trinajstić information content (AvgIpc) is 3.55. The number of carboxylic acid groups (broad SMARTS) is 1. The molecule has 1 aliphatic carbocycles. The fourth-order valence-electron chi connectivity index (χ4n) is 5.00. The van der Waals surface area contributed by atoms with Crippen LogP contribution in [0.2, 0.25) is 0 Å². The van der Waals surface area contributed by atoms with Crippen LogP contribution in [-0.2, 0) is 24.4 Å². The van der Waals surface area contributed by atoms with Gasteiger partial charge in [-0.15, -0.1) is 0 Å². The lowest BCUT2D eigenvalue weighted by atomic mass is 9.95. The zero-order valence-corrected chi connectivity index (χ0v) is 19.1. The minimum absolute atomic E-state index is 0.0574. The van der Waals surface area contributed by atoms with E-state index in [0.29, 0.717) is 30.4 Å². The van der Waals surface area contributed by atoms with Gasteiger partial charge in [0.2, 0.25) is 0 Å². The molecule has 174 valence electrons. The van der Waals surface area contributed by atoms with E-state index in [1.54, 1.807) is 6.26 Å². The van der Waals surface area contributed by atoms with Gasteiger partial charge in [-0.25, -0.2) is 0 Å². The van der Waals surface area contributed by atoms with Crippen LogP contribution in [-0.4, -0.2) is 11.1 Å². The molecule has 3 N–H and O–H groups in total. The lowest BCUT2D eigenvalue weighted by molar-refractivity contribution is -0.136. The molecule has 0 bridgehead atoms. The molecule has 5 rings (SSSR count). The van der Waals surface area contributed by atoms with Crippen molar-refractivity contribution in [1.29, 1.82) is 0 Å². The Morgan fingerprint density at radius 1 is 1.03 bits per heavy atom. The third-order valence-corrected chi connectivity index (χ3v) is 6.74. The third-order valence-electron chi connectivity index (χ3n) is 6.74. The lowest BCUT2D eigenvalue weighted by Crippen LogP contribution is -2.06. The largest absolute Gasteiger partial charge is 0.489 e. The van der Waals surface area contributed by atoms with Crippen molar-refractivity contribution < 1.29 is 19.1 Å². The summed E-state index contributed by atoms with van der Waals surface area (Å²) in [5.74, 6) is 0.330. The fourth-order valence-corrected chi connectivity index (χ4v) is 5.00. The second kappa shape index (κ2) is 9.74. The van der Waals surface area contributed by atoms with Crippen molar-refractivity contribution in [3.8, 4) is 16.9 Å². The monoisotopic (exact) mass is 455 g/mol. The Morgan fingerprint density at radius 3 is 2.68 bits per heavy atom. The summed E-state index contributed by atoms with van der Waals surface area (Å²) in [5.41, 5.74) is 12.7. The van der Waals surface area contributed by atoms with Crippen molar-refractivity contribution >= 4 is 16.9 Å². The van der Waals surface area contributed by atoms with E-state index in [1.807, 2.05) is 24.3 Å². The third kappa shape index (κ3) is 4.70. The van der Waals surface area contributed by atoms with Crippen molar-refractivity contribution in [2.24, 2.45) is 5.73 Å². The van der Waals surface area contributed by atoms with E-state index in [9.17, 15) is 9.90 Å². The first kappa shape index (κ1) is 22.2. The summed E-state index contributed by atoms with van der Waals surface area (Å²) in [6, 6.07) is 20.3. The maximum Gasteiger partial charge on any atom is 0.307 e. The molecule has 0 amide bonds. The first-order chi connectivity index (χ1) is 16.6. The first-order valence-corrected chi connectivity index (χ1v) is 11.9. The van der Waals surface area contributed by atoms with E-state index in [4.69, 9.17) is 14.9 Å². The van der Waals surface area contributed by atoms with Gasteiger partial charge < -0.3 is 20.0 Å². The van der Waals surface area contributed by atoms with Crippen LogP contribution in [0.4, 0.5) is 0 Å². The number of benzene rings is 3. The zero-order valence-electron chi connectivity index (χ0n) is 19.1. The maximum atomic E-state index is 11.4. The van der Waals surface area contributed by atoms with E-state index in [0.717, 1.165) is 33.2 Å². The number of hydrogen-bond donors (Lipinski definition) is 2. The molecule has 4 aromatic rings. The van der Waals surface area contributed by atoms with Crippen molar-refractivity contribution in [2.75, 3.05) is 0 Å². The van der Waals surface area contributed by atoms with E-state index >= 15 is 0 Å². The standard InChI is InChI=1S/C29H29NO4/c30-17-19-4-3-7-23(12-19)26-14-20(13-25-10-11-33-29(25)26)18-34-27-15-22(21-5-1-2-6-21)8-9-24(27)16-28(31)32/h3-4,7-15,21H,1-2,5-6,16-18,30H2,(H,31,32). The topological polar surface area (TPSA) is 85.7 Å². The number of nitrogens with two attached hydrogens (primary N) is 1. The van der Waals surface area contributed by atoms with Gasteiger partial charge >= 0.3 is 5.97 Å². The van der Waals surface area contributed by atoms with Crippen LogP contribution in [0.5, 0.6) is 5.75 Å². The molecule has 0 spiro atoms. The molecular weight excluding hydrogens is 426 g/mol. The number of rotatable bonds is 8. The number of carboxylic acids is 1. The molecule has 0 atom stereocenters. The minimum atomic E-state index is -0.861. The summed E-state index contributed by atoms with van der Waals surface area (Å²) < 4.78 is 12.1. The van der Waals surface area contributed by atoms with E-state index in [2.05, 4.69) is 36.4 Å². The molecule has 5 heteroatoms. The van der Waals surface area contributed by atoms with Crippen LogP contribution in [0.3, 0.4) is 0 Å². The van der Waals surface area contributed by atoms with Crippen molar-refractivity contribution in [2.45, 2.75) is 51.2 Å². The van der Waals surface area contributed by atoms with Crippen LogP contribution < -0.4 is 10.5 Å². The molecule has 1 heterocycles. The van der Waals surface area contributed by atoms with Gasteiger partial charge in [-0.3, -0.25) is 4.79 Å². The van der Waals surface area contributed by atoms with Crippen molar-refractivity contribution in [1.82, 2.24) is 0 Å². The highest BCUT2D eigenvalue weighted by Crippen LogP contribution is 2.37. The van der Waals surface area contributed by atoms with Gasteiger partial charge in [0.05, 0.1) is 12.7 Å². The SMILES string of the molecule is NCc1cccc(-c2cc(COc3cc(C4CCCC4)ccc3CC(=O)O)cc3ccoc23)c1. The van der Waals surface area contributed by atoms with Gasteiger partial charge in [0.1, 0.15) is 17.9 Å². The van der Waals surface area contributed by atoms with Gasteiger partial charge in [0, 0.05) is 23.1 Å². The van der Waals surface area contributed by atoms with Crippen LogP contribution in [0.25, 0.3) is 22.1 Å². The molecular formula is C29H29NO4. The van der Waals surface area contributed by atoms with Crippen LogP contribution in [0.1, 0.15) is 53.9 Å². The number of fused-ring (bicyclic) bond motifs is 1.